The van der Waals surface area contributed by atoms with Gasteiger partial charge in [-0.2, -0.15) is 0 Å². The molecule has 3 heterocycles. The molecule has 0 fully saturated rings. The zero-order chi connectivity index (χ0) is 28.3. The predicted molar refractivity (Wildman–Crippen MR) is 174 cm³/mol. The minimum Gasteiger partial charge on any atom is -0.456 e. The third-order valence-corrected chi connectivity index (χ3v) is 8.15. The number of benzene rings is 6. The normalized spacial score (nSPS) is 11.7. The van der Waals surface area contributed by atoms with Crippen molar-refractivity contribution in [2.24, 2.45) is 0 Å². The Bertz CT molecular complexity index is 2510. The van der Waals surface area contributed by atoms with Gasteiger partial charge >= 0.3 is 0 Å². The van der Waals surface area contributed by atoms with E-state index in [9.17, 15) is 0 Å². The van der Waals surface area contributed by atoms with Crippen LogP contribution in [0.15, 0.2) is 138 Å². The fourth-order valence-corrected chi connectivity index (χ4v) is 6.13. The van der Waals surface area contributed by atoms with Crippen molar-refractivity contribution in [3.8, 4) is 34.3 Å². The molecule has 43 heavy (non-hydrogen) atoms. The number of para-hydroxylation sites is 1. The molecule has 0 aliphatic rings. The van der Waals surface area contributed by atoms with Crippen LogP contribution < -0.4 is 0 Å². The molecule has 200 valence electrons. The summed E-state index contributed by atoms with van der Waals surface area (Å²) in [4.78, 5) is 19.8. The molecule has 9 rings (SSSR count). The third kappa shape index (κ3) is 3.79. The Labute approximate surface area is 246 Å². The Hall–Kier alpha value is -5.94. The summed E-state index contributed by atoms with van der Waals surface area (Å²) in [6.07, 6.45) is 1.75. The number of pyridine rings is 1. The number of furan rings is 1. The molecule has 0 spiro atoms. The summed E-state index contributed by atoms with van der Waals surface area (Å²) < 4.78 is 6.16. The number of hydrogen-bond donors (Lipinski definition) is 0. The summed E-state index contributed by atoms with van der Waals surface area (Å²) in [6.45, 7) is 0. The standard InChI is InChI=1S/C38H22N4O/c1-2-9-26(10-3-1)36-40-37(42-38(41-36)35-34-29-12-6-7-13-31(29)43-32(34)20-21-39-35)27-19-16-24-15-18-25-17-14-23-8-4-5-11-28(23)33(25)30(24)22-27/h1-22H. The Kier molecular flexibility index (Phi) is 5.13. The van der Waals surface area contributed by atoms with Gasteiger partial charge in [0.05, 0.1) is 5.39 Å². The number of nitrogens with zero attached hydrogens (tertiary/aromatic N) is 4. The van der Waals surface area contributed by atoms with Crippen molar-refractivity contribution in [1.82, 2.24) is 19.9 Å². The lowest BCUT2D eigenvalue weighted by Gasteiger charge is -2.11. The molecule has 0 N–H and O–H groups in total. The van der Waals surface area contributed by atoms with Gasteiger partial charge in [0.2, 0.25) is 0 Å². The first kappa shape index (κ1) is 23.7. The molecule has 0 unspecified atom stereocenters. The molecule has 0 aliphatic heterocycles. The van der Waals surface area contributed by atoms with Crippen molar-refractivity contribution >= 4 is 54.3 Å². The van der Waals surface area contributed by atoms with Gasteiger partial charge in [0.15, 0.2) is 17.5 Å². The van der Waals surface area contributed by atoms with Gasteiger partial charge in [0.1, 0.15) is 16.9 Å². The molecule has 0 saturated carbocycles. The van der Waals surface area contributed by atoms with Crippen LogP contribution in [0.5, 0.6) is 0 Å². The van der Waals surface area contributed by atoms with Gasteiger partial charge < -0.3 is 4.42 Å². The average Bonchev–Trinajstić information content (AvgIpc) is 3.47. The van der Waals surface area contributed by atoms with Crippen molar-refractivity contribution in [2.75, 3.05) is 0 Å². The molecule has 3 aromatic heterocycles. The van der Waals surface area contributed by atoms with Crippen molar-refractivity contribution in [3.63, 3.8) is 0 Å². The largest absolute Gasteiger partial charge is 0.456 e. The van der Waals surface area contributed by atoms with E-state index in [4.69, 9.17) is 24.4 Å². The number of fused-ring (bicyclic) bond motifs is 8. The highest BCUT2D eigenvalue weighted by atomic mass is 16.3. The second-order valence-corrected chi connectivity index (χ2v) is 10.7. The summed E-state index contributed by atoms with van der Waals surface area (Å²) in [5, 5.41) is 9.08. The smallest absolute Gasteiger partial charge is 0.183 e. The first-order chi connectivity index (χ1) is 21.3. The quantitative estimate of drug-likeness (QED) is 0.205. The maximum absolute atomic E-state index is 6.16. The van der Waals surface area contributed by atoms with Crippen LogP contribution in [-0.4, -0.2) is 19.9 Å². The van der Waals surface area contributed by atoms with Gasteiger partial charge in [0.25, 0.3) is 0 Å². The summed E-state index contributed by atoms with van der Waals surface area (Å²) in [5.74, 6) is 1.69. The minimum absolute atomic E-state index is 0.504. The van der Waals surface area contributed by atoms with E-state index >= 15 is 0 Å². The maximum atomic E-state index is 6.16. The zero-order valence-corrected chi connectivity index (χ0v) is 22.9. The Morgan fingerprint density at radius 2 is 1.07 bits per heavy atom. The maximum Gasteiger partial charge on any atom is 0.183 e. The van der Waals surface area contributed by atoms with Crippen molar-refractivity contribution in [2.45, 2.75) is 0 Å². The summed E-state index contributed by atoms with van der Waals surface area (Å²) in [6, 6.07) is 43.6. The second kappa shape index (κ2) is 9.29. The van der Waals surface area contributed by atoms with Crippen LogP contribution in [0.4, 0.5) is 0 Å². The van der Waals surface area contributed by atoms with Crippen LogP contribution in [0.2, 0.25) is 0 Å². The summed E-state index contributed by atoms with van der Waals surface area (Å²) in [5.41, 5.74) is 4.05. The Balaban J connectivity index is 1.33. The van der Waals surface area contributed by atoms with Crippen molar-refractivity contribution in [3.05, 3.63) is 134 Å². The topological polar surface area (TPSA) is 64.7 Å². The monoisotopic (exact) mass is 550 g/mol. The summed E-state index contributed by atoms with van der Waals surface area (Å²) >= 11 is 0. The Morgan fingerprint density at radius 3 is 1.93 bits per heavy atom. The predicted octanol–water partition coefficient (Wildman–Crippen LogP) is 9.63. The molecular formula is C38H22N4O. The van der Waals surface area contributed by atoms with E-state index in [0.717, 1.165) is 38.5 Å². The molecule has 0 bridgehead atoms. The minimum atomic E-state index is 0.504. The van der Waals surface area contributed by atoms with E-state index in [1.54, 1.807) is 6.20 Å². The molecule has 0 radical (unpaired) electrons. The van der Waals surface area contributed by atoms with E-state index < -0.39 is 0 Å². The van der Waals surface area contributed by atoms with Crippen LogP contribution >= 0.6 is 0 Å². The lowest BCUT2D eigenvalue weighted by atomic mass is 9.95. The van der Waals surface area contributed by atoms with Crippen LogP contribution in [0.25, 0.3) is 88.5 Å². The van der Waals surface area contributed by atoms with Crippen LogP contribution in [-0.2, 0) is 0 Å². The fourth-order valence-electron chi connectivity index (χ4n) is 6.13. The van der Waals surface area contributed by atoms with Gasteiger partial charge in [-0.3, -0.25) is 4.98 Å². The first-order valence-electron chi connectivity index (χ1n) is 14.2. The van der Waals surface area contributed by atoms with Crippen LogP contribution in [0.3, 0.4) is 0 Å². The molecular weight excluding hydrogens is 528 g/mol. The van der Waals surface area contributed by atoms with Crippen molar-refractivity contribution in [1.29, 1.82) is 0 Å². The van der Waals surface area contributed by atoms with E-state index in [1.807, 2.05) is 60.7 Å². The summed E-state index contributed by atoms with van der Waals surface area (Å²) in [7, 11) is 0. The molecule has 0 atom stereocenters. The van der Waals surface area contributed by atoms with Gasteiger partial charge in [-0.1, -0.05) is 109 Å². The number of rotatable bonds is 3. The van der Waals surface area contributed by atoms with Crippen LogP contribution in [0.1, 0.15) is 0 Å². The molecule has 9 aromatic rings. The molecule has 5 heteroatoms. The highest BCUT2D eigenvalue weighted by Crippen LogP contribution is 2.37. The number of aromatic nitrogens is 4. The van der Waals surface area contributed by atoms with Gasteiger partial charge in [-0.05, 0) is 50.5 Å². The van der Waals surface area contributed by atoms with E-state index in [1.165, 1.54) is 26.9 Å². The van der Waals surface area contributed by atoms with E-state index in [2.05, 4.69) is 66.7 Å². The highest BCUT2D eigenvalue weighted by Gasteiger charge is 2.19. The van der Waals surface area contributed by atoms with E-state index in [-0.39, 0.29) is 0 Å². The first-order valence-corrected chi connectivity index (χ1v) is 14.2. The average molecular weight is 551 g/mol. The molecule has 0 aliphatic carbocycles. The van der Waals surface area contributed by atoms with Gasteiger partial charge in [-0.15, -0.1) is 0 Å². The molecule has 0 saturated heterocycles. The van der Waals surface area contributed by atoms with Gasteiger partial charge in [-0.25, -0.2) is 15.0 Å². The highest BCUT2D eigenvalue weighted by molar-refractivity contribution is 6.20. The lowest BCUT2D eigenvalue weighted by molar-refractivity contribution is 0.668. The molecule has 5 nitrogen and oxygen atoms in total. The van der Waals surface area contributed by atoms with Gasteiger partial charge in [0, 0.05) is 22.7 Å². The van der Waals surface area contributed by atoms with Crippen molar-refractivity contribution < 1.29 is 4.42 Å². The molecule has 0 amide bonds. The SMILES string of the molecule is c1ccc(-c2nc(-c3ccc4ccc5ccc6ccccc6c5c4c3)nc(-c3nccc4oc5ccccc5c34)n2)cc1. The number of hydrogen-bond acceptors (Lipinski definition) is 5. The lowest BCUT2D eigenvalue weighted by Crippen LogP contribution is -2.01. The fraction of sp³-hybridized carbons (Fsp3) is 0. The zero-order valence-electron chi connectivity index (χ0n) is 22.9. The third-order valence-electron chi connectivity index (χ3n) is 8.15. The van der Waals surface area contributed by atoms with E-state index in [0.29, 0.717) is 23.2 Å². The Morgan fingerprint density at radius 1 is 0.419 bits per heavy atom. The second-order valence-electron chi connectivity index (χ2n) is 10.7. The van der Waals surface area contributed by atoms with Crippen LogP contribution in [0, 0.1) is 0 Å². The molecule has 6 aromatic carbocycles.